The first-order valence-corrected chi connectivity index (χ1v) is 5.51. The average Bonchev–Trinajstić information content (AvgIpc) is 2.29. The Morgan fingerprint density at radius 1 is 1.13 bits per heavy atom. The van der Waals surface area contributed by atoms with E-state index < -0.39 is 0 Å². The van der Waals surface area contributed by atoms with Crippen LogP contribution in [0.2, 0.25) is 0 Å². The van der Waals surface area contributed by atoms with Gasteiger partial charge < -0.3 is 4.90 Å². The molecule has 0 saturated heterocycles. The summed E-state index contributed by atoms with van der Waals surface area (Å²) in [5.41, 5.74) is 1.41. The third-order valence-corrected chi connectivity index (χ3v) is 2.80. The lowest BCUT2D eigenvalue weighted by Gasteiger charge is -2.27. The van der Waals surface area contributed by atoms with Gasteiger partial charge in [-0.15, -0.1) is 0 Å². The molecule has 1 atom stereocenters. The maximum Gasteiger partial charge on any atom is 0.0442 e. The molecule has 1 aliphatic rings. The molecule has 1 aromatic carbocycles. The van der Waals surface area contributed by atoms with Gasteiger partial charge in [0.15, 0.2) is 0 Å². The van der Waals surface area contributed by atoms with Crippen LogP contribution in [0.5, 0.6) is 0 Å². The molecule has 1 aliphatic heterocycles. The fraction of sp³-hybridized carbons (Fsp3) is 0.286. The molecule has 0 fully saturated rings. The zero-order valence-corrected chi connectivity index (χ0v) is 9.13. The fourth-order valence-electron chi connectivity index (χ4n) is 1.81. The topological polar surface area (TPSA) is 3.24 Å². The van der Waals surface area contributed by atoms with E-state index in [0.29, 0.717) is 6.04 Å². The second-order valence-corrected chi connectivity index (χ2v) is 3.94. The Hall–Kier alpha value is -1.50. The van der Waals surface area contributed by atoms with Crippen LogP contribution in [0.4, 0.5) is 0 Å². The van der Waals surface area contributed by atoms with E-state index in [1.165, 1.54) is 5.56 Å². The van der Waals surface area contributed by atoms with Crippen LogP contribution in [0.15, 0.2) is 54.8 Å². The summed E-state index contributed by atoms with van der Waals surface area (Å²) in [6.07, 6.45) is 9.73. The van der Waals surface area contributed by atoms with E-state index in [0.717, 1.165) is 13.0 Å². The number of rotatable bonds is 3. The Balaban J connectivity index is 1.89. The molecule has 0 N–H and O–H groups in total. The summed E-state index contributed by atoms with van der Waals surface area (Å²) in [6.45, 7) is 3.32. The maximum atomic E-state index is 2.37. The van der Waals surface area contributed by atoms with Crippen molar-refractivity contribution in [2.75, 3.05) is 6.54 Å². The van der Waals surface area contributed by atoms with Gasteiger partial charge in [0.1, 0.15) is 0 Å². The first-order chi connectivity index (χ1) is 7.36. The van der Waals surface area contributed by atoms with Crippen molar-refractivity contribution in [2.24, 2.45) is 0 Å². The molecule has 0 aliphatic carbocycles. The van der Waals surface area contributed by atoms with E-state index >= 15 is 0 Å². The molecule has 1 unspecified atom stereocenters. The van der Waals surface area contributed by atoms with Crippen molar-refractivity contribution in [3.8, 4) is 0 Å². The summed E-state index contributed by atoms with van der Waals surface area (Å²) in [7, 11) is 0. The molecule has 0 saturated carbocycles. The smallest absolute Gasteiger partial charge is 0.0442 e. The van der Waals surface area contributed by atoms with Gasteiger partial charge in [-0.1, -0.05) is 42.5 Å². The highest BCUT2D eigenvalue weighted by molar-refractivity contribution is 5.16. The van der Waals surface area contributed by atoms with Crippen molar-refractivity contribution < 1.29 is 0 Å². The highest BCUT2D eigenvalue weighted by Crippen LogP contribution is 2.09. The molecule has 0 amide bonds. The lowest BCUT2D eigenvalue weighted by Crippen LogP contribution is -2.29. The summed E-state index contributed by atoms with van der Waals surface area (Å²) < 4.78 is 0. The average molecular weight is 199 g/mol. The molecule has 0 spiro atoms. The number of nitrogens with zero attached hydrogens (tertiary/aromatic N) is 1. The molecular formula is C14H17N. The number of benzene rings is 1. The van der Waals surface area contributed by atoms with Crippen LogP contribution >= 0.6 is 0 Å². The normalized spacial score (nSPS) is 19.5. The summed E-state index contributed by atoms with van der Waals surface area (Å²) in [4.78, 5) is 2.37. The summed E-state index contributed by atoms with van der Waals surface area (Å²) >= 11 is 0. The second-order valence-electron chi connectivity index (χ2n) is 3.94. The molecule has 78 valence electrons. The van der Waals surface area contributed by atoms with Crippen LogP contribution < -0.4 is 0 Å². The minimum absolute atomic E-state index is 0.527. The molecule has 1 heteroatoms. The van der Waals surface area contributed by atoms with Crippen LogP contribution in [0.1, 0.15) is 12.5 Å². The summed E-state index contributed by atoms with van der Waals surface area (Å²) in [5.74, 6) is 0. The zero-order valence-electron chi connectivity index (χ0n) is 9.13. The van der Waals surface area contributed by atoms with Gasteiger partial charge in [-0.05, 0) is 31.2 Å². The third kappa shape index (κ3) is 2.72. The number of hydrogen-bond donors (Lipinski definition) is 0. The van der Waals surface area contributed by atoms with Crippen molar-refractivity contribution in [3.05, 3.63) is 60.3 Å². The van der Waals surface area contributed by atoms with E-state index in [9.17, 15) is 0 Å². The second kappa shape index (κ2) is 4.83. The quantitative estimate of drug-likeness (QED) is 0.723. The Bertz CT molecular complexity index is 351. The summed E-state index contributed by atoms with van der Waals surface area (Å²) in [6, 6.07) is 11.2. The van der Waals surface area contributed by atoms with Crippen molar-refractivity contribution >= 4 is 0 Å². The Labute approximate surface area is 91.7 Å². The Morgan fingerprint density at radius 2 is 1.93 bits per heavy atom. The van der Waals surface area contributed by atoms with Crippen molar-refractivity contribution in [1.82, 2.24) is 4.90 Å². The molecular weight excluding hydrogens is 182 g/mol. The standard InChI is InChI=1S/C14H17N/c1-13-7-5-6-11-15(13)12-10-14-8-3-2-4-9-14/h2-9,11,13H,10,12H2,1H3. The van der Waals surface area contributed by atoms with E-state index in [2.05, 4.69) is 66.6 Å². The molecule has 1 heterocycles. The predicted octanol–water partition coefficient (Wildman–Crippen LogP) is 3.00. The SMILES string of the molecule is CC1C=CC=CN1CCc1ccccc1. The Morgan fingerprint density at radius 3 is 2.67 bits per heavy atom. The predicted molar refractivity (Wildman–Crippen MR) is 64.6 cm³/mol. The van der Waals surface area contributed by atoms with Gasteiger partial charge in [-0.2, -0.15) is 0 Å². The number of allylic oxidation sites excluding steroid dienone is 2. The first-order valence-electron chi connectivity index (χ1n) is 5.51. The molecule has 0 aromatic heterocycles. The molecule has 1 aromatic rings. The zero-order chi connectivity index (χ0) is 10.5. The van der Waals surface area contributed by atoms with Crippen molar-refractivity contribution in [1.29, 1.82) is 0 Å². The third-order valence-electron chi connectivity index (χ3n) is 2.80. The van der Waals surface area contributed by atoms with Crippen molar-refractivity contribution in [3.63, 3.8) is 0 Å². The van der Waals surface area contributed by atoms with Crippen LogP contribution in [0.25, 0.3) is 0 Å². The largest absolute Gasteiger partial charge is 0.371 e. The van der Waals surface area contributed by atoms with Gasteiger partial charge in [0, 0.05) is 12.6 Å². The van der Waals surface area contributed by atoms with E-state index in [-0.39, 0.29) is 0 Å². The van der Waals surface area contributed by atoms with E-state index in [4.69, 9.17) is 0 Å². The molecule has 2 rings (SSSR count). The van der Waals surface area contributed by atoms with Crippen LogP contribution in [0, 0.1) is 0 Å². The van der Waals surface area contributed by atoms with Gasteiger partial charge in [0.25, 0.3) is 0 Å². The molecule has 15 heavy (non-hydrogen) atoms. The van der Waals surface area contributed by atoms with Crippen LogP contribution in [-0.2, 0) is 6.42 Å². The monoisotopic (exact) mass is 199 g/mol. The summed E-state index contributed by atoms with van der Waals surface area (Å²) in [5, 5.41) is 0. The van der Waals surface area contributed by atoms with E-state index in [1.807, 2.05) is 0 Å². The van der Waals surface area contributed by atoms with Gasteiger partial charge >= 0.3 is 0 Å². The Kier molecular flexibility index (Phi) is 3.23. The van der Waals surface area contributed by atoms with Gasteiger partial charge in [-0.25, -0.2) is 0 Å². The van der Waals surface area contributed by atoms with Crippen LogP contribution in [0.3, 0.4) is 0 Å². The maximum absolute atomic E-state index is 2.37. The first kappa shape index (κ1) is 10.0. The highest BCUT2D eigenvalue weighted by Gasteiger charge is 2.08. The highest BCUT2D eigenvalue weighted by atomic mass is 15.1. The van der Waals surface area contributed by atoms with Crippen molar-refractivity contribution in [2.45, 2.75) is 19.4 Å². The molecule has 1 nitrogen and oxygen atoms in total. The minimum atomic E-state index is 0.527. The lowest BCUT2D eigenvalue weighted by atomic mass is 10.1. The van der Waals surface area contributed by atoms with Crippen LogP contribution in [-0.4, -0.2) is 17.5 Å². The molecule has 0 bridgehead atoms. The van der Waals surface area contributed by atoms with Gasteiger partial charge in [0.2, 0.25) is 0 Å². The lowest BCUT2D eigenvalue weighted by molar-refractivity contribution is 0.336. The van der Waals surface area contributed by atoms with Gasteiger partial charge in [0.05, 0.1) is 0 Å². The van der Waals surface area contributed by atoms with Gasteiger partial charge in [-0.3, -0.25) is 0 Å². The molecule has 0 radical (unpaired) electrons. The fourth-order valence-corrected chi connectivity index (χ4v) is 1.81. The number of hydrogen-bond acceptors (Lipinski definition) is 1. The minimum Gasteiger partial charge on any atom is -0.371 e. The van der Waals surface area contributed by atoms with E-state index in [1.54, 1.807) is 0 Å².